The Hall–Kier alpha value is -0.675. The van der Waals surface area contributed by atoms with Crippen molar-refractivity contribution in [3.8, 4) is 0 Å². The number of piperidine rings is 1. The summed E-state index contributed by atoms with van der Waals surface area (Å²) in [4.78, 5) is 24.1. The molecule has 4 rings (SSSR count). The molecular weight excluding hydrogens is 557 g/mol. The van der Waals surface area contributed by atoms with Crippen LogP contribution in [-0.4, -0.2) is 56.4 Å². The minimum absolute atomic E-state index is 0.0656. The molecule has 1 aliphatic heterocycles. The monoisotopic (exact) mass is 583 g/mol. The van der Waals surface area contributed by atoms with Crippen molar-refractivity contribution in [2.75, 3.05) is 13.1 Å². The number of benzene rings is 1. The van der Waals surface area contributed by atoms with Gasteiger partial charge in [-0.05, 0) is 77.7 Å². The number of hydrogen-bond acceptors (Lipinski definition) is 4. The van der Waals surface area contributed by atoms with Crippen molar-refractivity contribution in [1.82, 2.24) is 24.5 Å². The zero-order valence-electron chi connectivity index (χ0n) is 17.8. The quantitative estimate of drug-likeness (QED) is 0.271. The Bertz CT molecular complexity index is 1160. The zero-order valence-corrected chi connectivity index (χ0v) is 23.5. The number of carbonyl (C=O) groups excluding carboxylic acids is 1. The van der Waals surface area contributed by atoms with Gasteiger partial charge in [0.1, 0.15) is 14.2 Å². The molecule has 0 N–H and O–H groups in total. The van der Waals surface area contributed by atoms with Gasteiger partial charge in [-0.1, -0.05) is 0 Å². The fourth-order valence-corrected chi connectivity index (χ4v) is 6.80. The summed E-state index contributed by atoms with van der Waals surface area (Å²) >= 11 is 2.33. The second-order valence-corrected chi connectivity index (χ2v) is 14.6. The molecule has 11 heteroatoms. The predicted molar refractivity (Wildman–Crippen MR) is 146 cm³/mol. The molecule has 0 radical (unpaired) electrons. The van der Waals surface area contributed by atoms with E-state index >= 15 is 0 Å². The highest BCUT2D eigenvalue weighted by atomic mass is 127. The van der Waals surface area contributed by atoms with Crippen LogP contribution in [0.2, 0.25) is 0 Å². The van der Waals surface area contributed by atoms with E-state index in [1.54, 1.807) is 0 Å². The summed E-state index contributed by atoms with van der Waals surface area (Å²) in [5.41, 5.74) is 3.82. The highest BCUT2D eigenvalue weighted by Gasteiger charge is 2.37. The number of nitrogens with zero attached hydrogens (tertiary/aromatic N) is 5. The molecule has 162 valence electrons. The van der Waals surface area contributed by atoms with E-state index in [1.165, 1.54) is 6.33 Å². The van der Waals surface area contributed by atoms with Crippen molar-refractivity contribution < 1.29 is 4.79 Å². The van der Waals surface area contributed by atoms with E-state index < -0.39 is 0 Å². The van der Waals surface area contributed by atoms with E-state index in [9.17, 15) is 4.79 Å². The number of aryl methyl sites for hydroxylation is 1. The summed E-state index contributed by atoms with van der Waals surface area (Å²) < 4.78 is 2.96. The van der Waals surface area contributed by atoms with Gasteiger partial charge in [-0.25, -0.2) is 9.50 Å². The summed E-state index contributed by atoms with van der Waals surface area (Å²) in [6.07, 6.45) is 2.47. The van der Waals surface area contributed by atoms with Crippen LogP contribution in [0.4, 0.5) is 0 Å². The van der Waals surface area contributed by atoms with Gasteiger partial charge in [-0.3, -0.25) is 4.79 Å². The van der Waals surface area contributed by atoms with Crippen LogP contribution in [0.1, 0.15) is 46.6 Å². The van der Waals surface area contributed by atoms with Crippen molar-refractivity contribution in [1.29, 1.82) is 0 Å². The molecule has 5 atom stereocenters. The lowest BCUT2D eigenvalue weighted by molar-refractivity contribution is 0.0698. The van der Waals surface area contributed by atoms with Gasteiger partial charge in [0.05, 0.1) is 5.69 Å². The van der Waals surface area contributed by atoms with E-state index in [0.29, 0.717) is 18.9 Å². The lowest BCUT2D eigenvalue weighted by atomic mass is 9.74. The predicted octanol–water partition coefficient (Wildman–Crippen LogP) is 2.79. The number of amides is 1. The van der Waals surface area contributed by atoms with Gasteiger partial charge in [0, 0.05) is 38.7 Å². The van der Waals surface area contributed by atoms with Gasteiger partial charge in [0.15, 0.2) is 0 Å². The second kappa shape index (κ2) is 8.59. The first-order valence-electron chi connectivity index (χ1n) is 10.1. The molecule has 1 aliphatic rings. The molecule has 5 unspecified atom stereocenters. The minimum atomic E-state index is -0.181. The lowest BCUT2D eigenvalue weighted by Gasteiger charge is -2.42. The lowest BCUT2D eigenvalue weighted by Crippen LogP contribution is -2.50. The number of carbonyl (C=O) groups is 1. The molecule has 0 bridgehead atoms. The third-order valence-corrected chi connectivity index (χ3v) is 7.59. The average Bonchev–Trinajstić information content (AvgIpc) is 3.13. The van der Waals surface area contributed by atoms with Crippen LogP contribution >= 0.6 is 50.3 Å². The molecule has 2 aromatic heterocycles. The first-order chi connectivity index (χ1) is 14.4. The Morgan fingerprint density at radius 3 is 2.81 bits per heavy atom. The normalized spacial score (nSPS) is 22.1. The molecule has 0 aliphatic carbocycles. The van der Waals surface area contributed by atoms with Gasteiger partial charge < -0.3 is 4.90 Å². The Balaban J connectivity index is 1.69. The summed E-state index contributed by atoms with van der Waals surface area (Å²) in [7, 11) is 10.8. The maximum Gasteiger partial charge on any atom is 0.253 e. The highest BCUT2D eigenvalue weighted by Crippen LogP contribution is 2.41. The van der Waals surface area contributed by atoms with Gasteiger partial charge in [-0.2, -0.15) is 10.1 Å². The highest BCUT2D eigenvalue weighted by molar-refractivity contribution is 14.1. The number of hydrogen-bond donors (Lipinski definition) is 0. The van der Waals surface area contributed by atoms with Crippen LogP contribution in [0.5, 0.6) is 0 Å². The van der Waals surface area contributed by atoms with Crippen LogP contribution in [0.25, 0.3) is 5.78 Å². The first kappa shape index (κ1) is 23.5. The Labute approximate surface area is 204 Å². The third-order valence-electron chi connectivity index (χ3n) is 5.61. The van der Waals surface area contributed by atoms with Gasteiger partial charge >= 0.3 is 0 Å². The summed E-state index contributed by atoms with van der Waals surface area (Å²) in [5.74, 6) is 0.811. The van der Waals surface area contributed by atoms with E-state index in [-0.39, 0.29) is 21.8 Å². The number of aromatic nitrogens is 4. The first-order valence-corrected chi connectivity index (χ1v) is 12.9. The minimum Gasteiger partial charge on any atom is -0.338 e. The average molecular weight is 583 g/mol. The summed E-state index contributed by atoms with van der Waals surface area (Å²) in [6, 6.07) is 8.06. The van der Waals surface area contributed by atoms with Crippen molar-refractivity contribution in [3.63, 3.8) is 0 Å². The SMILES string of the molecule is BC1(P)CC(c2cc(C)nc3ncnn23)CN(C(=O)c2ccc(I)c(C(C)(P)P)c2)C1. The van der Waals surface area contributed by atoms with Crippen LogP contribution < -0.4 is 0 Å². The van der Waals surface area contributed by atoms with Crippen molar-refractivity contribution >= 4 is 69.8 Å². The molecule has 6 nitrogen and oxygen atoms in total. The van der Waals surface area contributed by atoms with E-state index in [2.05, 4.69) is 86.2 Å². The molecule has 0 spiro atoms. The molecule has 1 fully saturated rings. The maximum absolute atomic E-state index is 13.6. The molecule has 3 aromatic rings. The van der Waals surface area contributed by atoms with E-state index in [1.807, 2.05) is 34.5 Å². The van der Waals surface area contributed by atoms with Crippen LogP contribution in [-0.2, 0) is 4.90 Å². The second-order valence-electron chi connectivity index (χ2n) is 9.01. The molecule has 31 heavy (non-hydrogen) atoms. The number of fused-ring (bicyclic) bond motifs is 1. The topological polar surface area (TPSA) is 63.4 Å². The number of rotatable bonds is 3. The largest absolute Gasteiger partial charge is 0.338 e. The van der Waals surface area contributed by atoms with Gasteiger partial charge in [0.25, 0.3) is 11.7 Å². The molecule has 1 aromatic carbocycles. The third kappa shape index (κ3) is 4.98. The number of likely N-dealkylation sites (tertiary alicyclic amines) is 1. The maximum atomic E-state index is 13.6. The molecule has 0 saturated carbocycles. The molecular formula is C20H26BIN5OP3. The smallest absolute Gasteiger partial charge is 0.253 e. The van der Waals surface area contributed by atoms with Crippen molar-refractivity contribution in [3.05, 3.63) is 56.7 Å². The zero-order chi connectivity index (χ0) is 22.6. The molecule has 1 amide bonds. The van der Waals surface area contributed by atoms with Crippen LogP contribution in [0, 0.1) is 10.5 Å². The van der Waals surface area contributed by atoms with Crippen LogP contribution in [0.15, 0.2) is 30.6 Å². The Kier molecular flexibility index (Phi) is 6.51. The van der Waals surface area contributed by atoms with Gasteiger partial charge in [-0.15, -0.1) is 27.7 Å². The van der Waals surface area contributed by atoms with Crippen molar-refractivity contribution in [2.24, 2.45) is 0 Å². The standard InChI is InChI=1S/C20H26BIN5OP3/c1-11-5-16(27-18(25-11)23-10-24-27)13-7-20(21,31)9-26(8-13)17(28)12-3-4-15(22)14(6-12)19(2,29)30/h3-6,10,13H,7-9,21,29-31H2,1-2H3. The van der Waals surface area contributed by atoms with E-state index in [4.69, 9.17) is 0 Å². The fraction of sp³-hybridized carbons (Fsp3) is 0.400. The molecule has 3 heterocycles. The Morgan fingerprint density at radius 2 is 2.10 bits per heavy atom. The molecule has 1 saturated heterocycles. The van der Waals surface area contributed by atoms with Crippen molar-refractivity contribution in [2.45, 2.75) is 36.1 Å². The van der Waals surface area contributed by atoms with E-state index in [0.717, 1.165) is 32.5 Å². The fourth-order valence-electron chi connectivity index (χ4n) is 4.31. The Morgan fingerprint density at radius 1 is 1.35 bits per heavy atom. The van der Waals surface area contributed by atoms with Crippen LogP contribution in [0.3, 0.4) is 0 Å². The van der Waals surface area contributed by atoms with Gasteiger partial charge in [0.2, 0.25) is 0 Å². The summed E-state index contributed by atoms with van der Waals surface area (Å²) in [5, 5.41) is 4.29. The number of halogens is 1. The summed E-state index contributed by atoms with van der Waals surface area (Å²) in [6.45, 7) is 5.42.